The lowest BCUT2D eigenvalue weighted by Gasteiger charge is -2.45. The van der Waals surface area contributed by atoms with Crippen molar-refractivity contribution in [2.24, 2.45) is 0 Å². The Hall–Kier alpha value is -7.22. The van der Waals surface area contributed by atoms with Gasteiger partial charge in [-0.2, -0.15) is 0 Å². The first-order valence-electron chi connectivity index (χ1n) is 22.3. The van der Waals surface area contributed by atoms with Crippen molar-refractivity contribution in [3.8, 4) is 22.9 Å². The van der Waals surface area contributed by atoms with Gasteiger partial charge in [0.05, 0.1) is 73.8 Å². The third kappa shape index (κ3) is 9.17. The number of fused-ring (bicyclic) bond motifs is 2. The molecular formula is C52H52F2N6O6. The van der Waals surface area contributed by atoms with Gasteiger partial charge in [-0.1, -0.05) is 36.4 Å². The van der Waals surface area contributed by atoms with Gasteiger partial charge in [0, 0.05) is 12.4 Å². The fraction of sp³-hybridized carbons (Fsp3) is 0.308. The summed E-state index contributed by atoms with van der Waals surface area (Å²) in [6, 6.07) is 24.3. The number of piperidine rings is 2. The van der Waals surface area contributed by atoms with Gasteiger partial charge in [0.2, 0.25) is 0 Å². The lowest BCUT2D eigenvalue weighted by atomic mass is 9.90. The van der Waals surface area contributed by atoms with Gasteiger partial charge in [-0.15, -0.1) is 0 Å². The van der Waals surface area contributed by atoms with Crippen LogP contribution >= 0.6 is 0 Å². The molecule has 4 saturated heterocycles. The minimum Gasteiger partial charge on any atom is -0.495 e. The SMILES string of the molecule is COc1cc(/C=C2\OC[C@@H]3CCC[C@H](c4ccc(F)cc4)N3C2=O)ccc1-n1cnc(C)c1.COc1cc(/C=C2\OC[C@H]3CCC[C@@H](c4ccc(F)cc4)N3C2=O)ccc1-n1cnc(C)c1. The molecule has 0 radical (unpaired) electrons. The molecule has 4 fully saturated rings. The molecule has 0 bridgehead atoms. The van der Waals surface area contributed by atoms with E-state index in [0.29, 0.717) is 36.2 Å². The number of carbonyl (C=O) groups excluding carboxylic acids is 2. The van der Waals surface area contributed by atoms with Crippen LogP contribution in [0.1, 0.15) is 84.3 Å². The molecule has 14 heteroatoms. The van der Waals surface area contributed by atoms with Gasteiger partial charge in [-0.25, -0.2) is 18.7 Å². The molecule has 0 saturated carbocycles. The highest BCUT2D eigenvalue weighted by Gasteiger charge is 2.42. The van der Waals surface area contributed by atoms with Gasteiger partial charge in [-0.3, -0.25) is 9.59 Å². The van der Waals surface area contributed by atoms with E-state index in [1.54, 1.807) is 63.3 Å². The number of aryl methyl sites for hydroxylation is 2. The summed E-state index contributed by atoms with van der Waals surface area (Å²) in [4.78, 5) is 39.3. The van der Waals surface area contributed by atoms with Gasteiger partial charge in [0.15, 0.2) is 11.5 Å². The molecular weight excluding hydrogens is 843 g/mol. The minimum atomic E-state index is -0.275. The van der Waals surface area contributed by atoms with Gasteiger partial charge in [-0.05, 0) is 135 Å². The Bertz CT molecular complexity index is 2590. The highest BCUT2D eigenvalue weighted by atomic mass is 19.1. The molecule has 2 aromatic heterocycles. The lowest BCUT2D eigenvalue weighted by molar-refractivity contribution is -0.147. The molecule has 2 amide bonds. The molecule has 0 unspecified atom stereocenters. The number of methoxy groups -OCH3 is 2. The van der Waals surface area contributed by atoms with Gasteiger partial charge < -0.3 is 37.9 Å². The predicted octanol–water partition coefficient (Wildman–Crippen LogP) is 9.64. The van der Waals surface area contributed by atoms with E-state index in [-0.39, 0.29) is 47.6 Å². The fourth-order valence-corrected chi connectivity index (χ4v) is 9.49. The summed E-state index contributed by atoms with van der Waals surface area (Å²) in [7, 11) is 3.24. The third-order valence-corrected chi connectivity index (χ3v) is 12.7. The van der Waals surface area contributed by atoms with Crippen LogP contribution in [-0.2, 0) is 19.1 Å². The number of morpholine rings is 2. The van der Waals surface area contributed by atoms with E-state index in [9.17, 15) is 18.4 Å². The van der Waals surface area contributed by atoms with E-state index < -0.39 is 0 Å². The first kappa shape index (κ1) is 44.0. The lowest BCUT2D eigenvalue weighted by Crippen LogP contribution is -2.52. The highest BCUT2D eigenvalue weighted by molar-refractivity contribution is 5.98. The van der Waals surface area contributed by atoms with E-state index in [1.165, 1.54) is 24.3 Å². The zero-order valence-electron chi connectivity index (χ0n) is 37.4. The van der Waals surface area contributed by atoms with Crippen LogP contribution in [0.15, 0.2) is 121 Å². The Kier molecular flexibility index (Phi) is 12.7. The number of carbonyl (C=O) groups is 2. The quantitative estimate of drug-likeness (QED) is 0.139. The van der Waals surface area contributed by atoms with Crippen LogP contribution in [-0.4, -0.2) is 80.2 Å². The number of benzene rings is 4. The van der Waals surface area contributed by atoms with E-state index >= 15 is 0 Å². The summed E-state index contributed by atoms with van der Waals surface area (Å²) in [6.07, 6.45) is 16.4. The topological polar surface area (TPSA) is 113 Å². The molecule has 340 valence electrons. The van der Waals surface area contributed by atoms with Gasteiger partial charge in [0.25, 0.3) is 11.8 Å². The zero-order valence-corrected chi connectivity index (χ0v) is 37.4. The van der Waals surface area contributed by atoms with Crippen molar-refractivity contribution in [2.75, 3.05) is 27.4 Å². The van der Waals surface area contributed by atoms with Gasteiger partial charge >= 0.3 is 0 Å². The summed E-state index contributed by atoms with van der Waals surface area (Å²) >= 11 is 0. The molecule has 6 heterocycles. The molecule has 0 N–H and O–H groups in total. The molecule has 12 nitrogen and oxygen atoms in total. The van der Waals surface area contributed by atoms with Crippen molar-refractivity contribution in [2.45, 2.75) is 76.5 Å². The van der Waals surface area contributed by atoms with Crippen LogP contribution in [0, 0.1) is 25.5 Å². The van der Waals surface area contributed by atoms with Crippen LogP contribution < -0.4 is 9.47 Å². The number of halogens is 2. The van der Waals surface area contributed by atoms with E-state index in [0.717, 1.165) is 83.5 Å². The number of hydrogen-bond acceptors (Lipinski definition) is 8. The van der Waals surface area contributed by atoms with Crippen molar-refractivity contribution in [3.63, 3.8) is 0 Å². The molecule has 66 heavy (non-hydrogen) atoms. The maximum atomic E-state index is 13.5. The Balaban J connectivity index is 0.000000166. The second-order valence-corrected chi connectivity index (χ2v) is 17.1. The maximum Gasteiger partial charge on any atom is 0.289 e. The smallest absolute Gasteiger partial charge is 0.289 e. The molecule has 10 rings (SSSR count). The summed E-state index contributed by atoms with van der Waals surface area (Å²) in [5.74, 6) is 1.16. The normalized spacial score (nSPS) is 21.6. The van der Waals surface area contributed by atoms with Crippen molar-refractivity contribution in [3.05, 3.63) is 167 Å². The largest absolute Gasteiger partial charge is 0.495 e. The molecule has 4 atom stereocenters. The first-order valence-corrected chi connectivity index (χ1v) is 22.3. The standard InChI is InChI=1S/2C26H26FN3O3/c2*1-17-14-29(16-28-17)23-11-6-18(12-24(23)32-2)13-25-26(31)30-21(15-33-25)4-3-5-22(30)19-7-9-20(27)10-8-19/h2*6-14,16,21-22H,3-5,15H2,1-2H3/b2*25-13-/t2*21-,22+/m10/s1. The summed E-state index contributed by atoms with van der Waals surface area (Å²) in [5.41, 5.74) is 7.09. The van der Waals surface area contributed by atoms with Crippen LogP contribution in [0.25, 0.3) is 23.5 Å². The van der Waals surface area contributed by atoms with E-state index in [2.05, 4.69) is 9.97 Å². The van der Waals surface area contributed by atoms with Crippen molar-refractivity contribution < 1.29 is 37.3 Å². The minimum absolute atomic E-state index is 0.0276. The molecule has 4 aromatic carbocycles. The molecule has 0 aliphatic carbocycles. The molecule has 4 aliphatic rings. The highest BCUT2D eigenvalue weighted by Crippen LogP contribution is 2.40. The van der Waals surface area contributed by atoms with E-state index in [1.807, 2.05) is 81.6 Å². The van der Waals surface area contributed by atoms with Crippen molar-refractivity contribution >= 4 is 24.0 Å². The van der Waals surface area contributed by atoms with E-state index in [4.69, 9.17) is 18.9 Å². The fourth-order valence-electron chi connectivity index (χ4n) is 9.49. The first-order chi connectivity index (χ1) is 32.1. The third-order valence-electron chi connectivity index (χ3n) is 12.7. The number of hydrogen-bond donors (Lipinski definition) is 0. The number of nitrogens with zero attached hydrogens (tertiary/aromatic N) is 6. The van der Waals surface area contributed by atoms with Crippen LogP contribution in [0.2, 0.25) is 0 Å². The Labute approximate surface area is 382 Å². The van der Waals surface area contributed by atoms with Gasteiger partial charge in [0.1, 0.15) is 36.3 Å². The van der Waals surface area contributed by atoms with Crippen molar-refractivity contribution in [1.29, 1.82) is 0 Å². The number of aromatic nitrogens is 4. The molecule has 0 spiro atoms. The second-order valence-electron chi connectivity index (χ2n) is 17.1. The summed E-state index contributed by atoms with van der Waals surface area (Å²) < 4.78 is 53.7. The number of imidazole rings is 2. The number of ether oxygens (including phenoxy) is 4. The number of rotatable bonds is 8. The molecule has 4 aliphatic heterocycles. The van der Waals surface area contributed by atoms with Crippen LogP contribution in [0.4, 0.5) is 8.78 Å². The second kappa shape index (κ2) is 19.1. The number of amides is 2. The summed E-state index contributed by atoms with van der Waals surface area (Å²) in [6.45, 7) is 4.78. The predicted molar refractivity (Wildman–Crippen MR) is 245 cm³/mol. The van der Waals surface area contributed by atoms with Crippen molar-refractivity contribution in [1.82, 2.24) is 28.9 Å². The zero-order chi connectivity index (χ0) is 45.9. The average molecular weight is 895 g/mol. The Morgan fingerprint density at radius 3 is 1.36 bits per heavy atom. The Morgan fingerprint density at radius 2 is 1.00 bits per heavy atom. The van der Waals surface area contributed by atoms with Crippen LogP contribution in [0.3, 0.4) is 0 Å². The average Bonchev–Trinajstić information content (AvgIpc) is 3.98. The monoisotopic (exact) mass is 894 g/mol. The molecule has 6 aromatic rings. The Morgan fingerprint density at radius 1 is 0.591 bits per heavy atom. The van der Waals surface area contributed by atoms with Crippen LogP contribution in [0.5, 0.6) is 11.5 Å². The summed E-state index contributed by atoms with van der Waals surface area (Å²) in [5, 5.41) is 0. The maximum absolute atomic E-state index is 13.5.